The molecule has 0 bridgehead atoms. The zero-order chi connectivity index (χ0) is 12.4. The molecule has 5 nitrogen and oxygen atoms in total. The van der Waals surface area contributed by atoms with E-state index in [1.54, 1.807) is 12.1 Å². The maximum absolute atomic E-state index is 10.8. The van der Waals surface area contributed by atoms with Crippen LogP contribution in [0, 0.1) is 16.0 Å². The third-order valence-corrected chi connectivity index (χ3v) is 3.09. The van der Waals surface area contributed by atoms with Crippen LogP contribution in [0.1, 0.15) is 30.7 Å². The van der Waals surface area contributed by atoms with Gasteiger partial charge in [0.05, 0.1) is 11.3 Å². The van der Waals surface area contributed by atoms with Gasteiger partial charge in [-0.15, -0.1) is 0 Å². The highest BCUT2D eigenvalue weighted by Crippen LogP contribution is 2.44. The van der Waals surface area contributed by atoms with Crippen molar-refractivity contribution in [2.75, 3.05) is 0 Å². The standard InChI is InChI=1S/C12H13NO4/c14-12(15)7-11(8-4-5-8)9-2-1-3-10(6-9)13(16)17/h1-3,6,8,11H,4-5,7H2,(H,14,15)/t11-/m0/s1. The predicted octanol–water partition coefficient (Wildman–Crippen LogP) is 2.56. The van der Waals surface area contributed by atoms with Crippen molar-refractivity contribution in [2.24, 2.45) is 5.92 Å². The Morgan fingerprint density at radius 1 is 1.53 bits per heavy atom. The van der Waals surface area contributed by atoms with Crippen molar-refractivity contribution in [1.82, 2.24) is 0 Å². The number of rotatable bonds is 5. The Balaban J connectivity index is 2.25. The first-order valence-electron chi connectivity index (χ1n) is 5.54. The molecule has 5 heteroatoms. The molecule has 17 heavy (non-hydrogen) atoms. The third-order valence-electron chi connectivity index (χ3n) is 3.09. The van der Waals surface area contributed by atoms with Crippen molar-refractivity contribution < 1.29 is 14.8 Å². The first-order chi connectivity index (χ1) is 8.08. The lowest BCUT2D eigenvalue weighted by molar-refractivity contribution is -0.384. The lowest BCUT2D eigenvalue weighted by Gasteiger charge is -2.13. The van der Waals surface area contributed by atoms with Gasteiger partial charge < -0.3 is 5.11 Å². The van der Waals surface area contributed by atoms with E-state index in [1.807, 2.05) is 0 Å². The number of hydrogen-bond donors (Lipinski definition) is 1. The third kappa shape index (κ3) is 2.81. The summed E-state index contributed by atoms with van der Waals surface area (Å²) < 4.78 is 0. The van der Waals surface area contributed by atoms with Gasteiger partial charge in [-0.1, -0.05) is 12.1 Å². The number of nitro benzene ring substituents is 1. The highest BCUT2D eigenvalue weighted by molar-refractivity contribution is 5.68. The summed E-state index contributed by atoms with van der Waals surface area (Å²) in [6.45, 7) is 0. The predicted molar refractivity (Wildman–Crippen MR) is 60.8 cm³/mol. The fourth-order valence-corrected chi connectivity index (χ4v) is 2.11. The summed E-state index contributed by atoms with van der Waals surface area (Å²) in [5.41, 5.74) is 0.794. The minimum Gasteiger partial charge on any atom is -0.481 e. The second-order valence-electron chi connectivity index (χ2n) is 4.39. The Labute approximate surface area is 98.2 Å². The van der Waals surface area contributed by atoms with Crippen molar-refractivity contribution in [2.45, 2.75) is 25.2 Å². The van der Waals surface area contributed by atoms with Crippen molar-refractivity contribution in [3.63, 3.8) is 0 Å². The molecule has 1 aromatic rings. The fraction of sp³-hybridized carbons (Fsp3) is 0.417. The Kier molecular flexibility index (Phi) is 3.08. The zero-order valence-electron chi connectivity index (χ0n) is 9.20. The van der Waals surface area contributed by atoms with Crippen LogP contribution in [0.2, 0.25) is 0 Å². The van der Waals surface area contributed by atoms with Crippen LogP contribution in [0.3, 0.4) is 0 Å². The number of nitrogens with zero attached hydrogens (tertiary/aromatic N) is 1. The van der Waals surface area contributed by atoms with Gasteiger partial charge in [0.2, 0.25) is 0 Å². The van der Waals surface area contributed by atoms with Gasteiger partial charge in [-0.05, 0) is 30.2 Å². The molecule has 0 heterocycles. The topological polar surface area (TPSA) is 80.4 Å². The number of nitro groups is 1. The molecular formula is C12H13NO4. The largest absolute Gasteiger partial charge is 0.481 e. The molecule has 0 radical (unpaired) electrons. The maximum atomic E-state index is 10.8. The van der Waals surface area contributed by atoms with E-state index in [4.69, 9.17) is 5.11 Å². The summed E-state index contributed by atoms with van der Waals surface area (Å²) in [7, 11) is 0. The Hall–Kier alpha value is -1.91. The molecule has 0 amide bonds. The lowest BCUT2D eigenvalue weighted by atomic mass is 9.91. The molecule has 1 aliphatic carbocycles. The van der Waals surface area contributed by atoms with E-state index in [2.05, 4.69) is 0 Å². The summed E-state index contributed by atoms with van der Waals surface area (Å²) >= 11 is 0. The highest BCUT2D eigenvalue weighted by atomic mass is 16.6. The second-order valence-corrected chi connectivity index (χ2v) is 4.39. The molecule has 0 saturated heterocycles. The summed E-state index contributed by atoms with van der Waals surface area (Å²) in [4.78, 5) is 21.0. The summed E-state index contributed by atoms with van der Waals surface area (Å²) in [6.07, 6.45) is 2.08. The van der Waals surface area contributed by atoms with Gasteiger partial charge in [0.15, 0.2) is 0 Å². The molecule has 0 aromatic heterocycles. The quantitative estimate of drug-likeness (QED) is 0.628. The van der Waals surface area contributed by atoms with E-state index in [1.165, 1.54) is 12.1 Å². The number of aliphatic carboxylic acids is 1. The van der Waals surface area contributed by atoms with Crippen LogP contribution in [0.25, 0.3) is 0 Å². The number of benzene rings is 1. The minimum absolute atomic E-state index is 0.0264. The normalized spacial score (nSPS) is 16.5. The average molecular weight is 235 g/mol. The van der Waals surface area contributed by atoms with Gasteiger partial charge in [0, 0.05) is 12.1 Å². The fourth-order valence-electron chi connectivity index (χ4n) is 2.11. The van der Waals surface area contributed by atoms with Crippen molar-refractivity contribution in [3.05, 3.63) is 39.9 Å². The summed E-state index contributed by atoms with van der Waals surface area (Å²) in [5.74, 6) is -0.575. The lowest BCUT2D eigenvalue weighted by Crippen LogP contribution is -2.08. The molecule has 2 rings (SSSR count). The Bertz CT molecular complexity index is 454. The van der Waals surface area contributed by atoms with E-state index in [-0.39, 0.29) is 18.0 Å². The Morgan fingerprint density at radius 3 is 2.76 bits per heavy atom. The minimum atomic E-state index is -0.853. The number of carboxylic acid groups (broad SMARTS) is 1. The van der Waals surface area contributed by atoms with Gasteiger partial charge in [-0.25, -0.2) is 0 Å². The van der Waals surface area contributed by atoms with E-state index in [0.29, 0.717) is 5.92 Å². The molecule has 0 aliphatic heterocycles. The number of carbonyl (C=O) groups is 1. The smallest absolute Gasteiger partial charge is 0.303 e. The highest BCUT2D eigenvalue weighted by Gasteiger charge is 2.34. The van der Waals surface area contributed by atoms with Gasteiger partial charge in [-0.2, -0.15) is 0 Å². The average Bonchev–Trinajstić information content (AvgIpc) is 3.09. The van der Waals surface area contributed by atoms with Crippen LogP contribution in [0.4, 0.5) is 5.69 Å². The zero-order valence-corrected chi connectivity index (χ0v) is 9.20. The van der Waals surface area contributed by atoms with Crippen molar-refractivity contribution in [3.8, 4) is 0 Å². The van der Waals surface area contributed by atoms with E-state index < -0.39 is 10.9 Å². The number of carboxylic acids is 1. The van der Waals surface area contributed by atoms with Gasteiger partial charge in [-0.3, -0.25) is 14.9 Å². The van der Waals surface area contributed by atoms with Crippen LogP contribution in [0.5, 0.6) is 0 Å². The molecule has 90 valence electrons. The van der Waals surface area contributed by atoms with Crippen LogP contribution in [0.15, 0.2) is 24.3 Å². The maximum Gasteiger partial charge on any atom is 0.303 e. The van der Waals surface area contributed by atoms with Crippen molar-refractivity contribution >= 4 is 11.7 Å². The Morgan fingerprint density at radius 2 is 2.24 bits per heavy atom. The SMILES string of the molecule is O=C(O)C[C@H](c1cccc([N+](=O)[O-])c1)C1CC1. The van der Waals surface area contributed by atoms with E-state index in [9.17, 15) is 14.9 Å². The monoisotopic (exact) mass is 235 g/mol. The summed E-state index contributed by atoms with van der Waals surface area (Å²) in [5, 5.41) is 19.5. The summed E-state index contributed by atoms with van der Waals surface area (Å²) in [6, 6.07) is 6.31. The number of non-ortho nitro benzene ring substituents is 1. The molecule has 0 spiro atoms. The molecule has 1 atom stereocenters. The first kappa shape index (κ1) is 11.6. The van der Waals surface area contributed by atoms with Crippen LogP contribution >= 0.6 is 0 Å². The van der Waals surface area contributed by atoms with E-state index in [0.717, 1.165) is 18.4 Å². The van der Waals surface area contributed by atoms with Gasteiger partial charge in [0.1, 0.15) is 0 Å². The molecular weight excluding hydrogens is 222 g/mol. The van der Waals surface area contributed by atoms with Crippen molar-refractivity contribution in [1.29, 1.82) is 0 Å². The second kappa shape index (κ2) is 4.53. The van der Waals surface area contributed by atoms with Crippen LogP contribution in [-0.2, 0) is 4.79 Å². The molecule has 1 aromatic carbocycles. The number of hydrogen-bond acceptors (Lipinski definition) is 3. The molecule has 1 N–H and O–H groups in total. The van der Waals surface area contributed by atoms with Gasteiger partial charge >= 0.3 is 5.97 Å². The molecule has 1 fully saturated rings. The molecule has 1 aliphatic rings. The first-order valence-corrected chi connectivity index (χ1v) is 5.54. The van der Waals surface area contributed by atoms with Crippen LogP contribution < -0.4 is 0 Å². The molecule has 0 unspecified atom stereocenters. The van der Waals surface area contributed by atoms with Crippen LogP contribution in [-0.4, -0.2) is 16.0 Å². The molecule has 1 saturated carbocycles. The van der Waals surface area contributed by atoms with Gasteiger partial charge in [0.25, 0.3) is 5.69 Å². The van der Waals surface area contributed by atoms with E-state index >= 15 is 0 Å².